The SMILES string of the molecule is COCC(C)Nc1ncnc(Nc2ccc(C(F)(F)F)cc2)c1[N+](=O)[O-]. The van der Waals surface area contributed by atoms with E-state index < -0.39 is 22.4 Å². The van der Waals surface area contributed by atoms with Crippen LogP contribution in [0.25, 0.3) is 0 Å². The molecule has 1 aromatic carbocycles. The molecule has 0 radical (unpaired) electrons. The minimum absolute atomic E-state index is 0.0241. The first-order valence-corrected chi connectivity index (χ1v) is 7.41. The molecule has 0 amide bonds. The molecule has 1 heterocycles. The van der Waals surface area contributed by atoms with Crippen LogP contribution in [0.4, 0.5) is 36.2 Å². The van der Waals surface area contributed by atoms with Gasteiger partial charge in [0.05, 0.1) is 17.1 Å². The normalized spacial score (nSPS) is 12.5. The molecule has 0 spiro atoms. The average molecular weight is 371 g/mol. The van der Waals surface area contributed by atoms with Crippen LogP contribution in [0, 0.1) is 10.1 Å². The number of hydrogen-bond donors (Lipinski definition) is 2. The van der Waals surface area contributed by atoms with Crippen LogP contribution in [0.2, 0.25) is 0 Å². The second-order valence-electron chi connectivity index (χ2n) is 5.38. The van der Waals surface area contributed by atoms with Crippen LogP contribution in [-0.2, 0) is 10.9 Å². The number of alkyl halides is 3. The van der Waals surface area contributed by atoms with Gasteiger partial charge in [-0.05, 0) is 31.2 Å². The summed E-state index contributed by atoms with van der Waals surface area (Å²) in [5.74, 6) is -0.166. The Balaban J connectivity index is 2.30. The smallest absolute Gasteiger partial charge is 0.383 e. The molecule has 1 unspecified atom stereocenters. The molecule has 2 aromatic rings. The number of methoxy groups -OCH3 is 1. The van der Waals surface area contributed by atoms with Gasteiger partial charge in [0.25, 0.3) is 0 Å². The van der Waals surface area contributed by atoms with Crippen molar-refractivity contribution in [1.29, 1.82) is 0 Å². The highest BCUT2D eigenvalue weighted by atomic mass is 19.4. The Morgan fingerprint density at radius 2 is 1.85 bits per heavy atom. The van der Waals surface area contributed by atoms with E-state index in [1.54, 1.807) is 6.92 Å². The maximum atomic E-state index is 12.6. The van der Waals surface area contributed by atoms with Gasteiger partial charge in [0.2, 0.25) is 11.6 Å². The van der Waals surface area contributed by atoms with Gasteiger partial charge in [0.1, 0.15) is 6.33 Å². The van der Waals surface area contributed by atoms with Crippen molar-refractivity contribution < 1.29 is 22.8 Å². The van der Waals surface area contributed by atoms with E-state index in [2.05, 4.69) is 20.6 Å². The number of rotatable bonds is 7. The summed E-state index contributed by atoms with van der Waals surface area (Å²) >= 11 is 0. The van der Waals surface area contributed by atoms with Crippen molar-refractivity contribution in [2.24, 2.45) is 0 Å². The van der Waals surface area contributed by atoms with E-state index in [1.807, 2.05) is 0 Å². The molecule has 1 atom stereocenters. The average Bonchev–Trinajstić information content (AvgIpc) is 2.54. The molecule has 8 nitrogen and oxygen atoms in total. The molecule has 2 N–H and O–H groups in total. The van der Waals surface area contributed by atoms with E-state index in [4.69, 9.17) is 4.74 Å². The first-order chi connectivity index (χ1) is 12.2. The van der Waals surface area contributed by atoms with Gasteiger partial charge in [-0.1, -0.05) is 0 Å². The van der Waals surface area contributed by atoms with Crippen molar-refractivity contribution in [1.82, 2.24) is 9.97 Å². The summed E-state index contributed by atoms with van der Waals surface area (Å²) in [6.07, 6.45) is -3.35. The van der Waals surface area contributed by atoms with E-state index in [-0.39, 0.29) is 23.4 Å². The van der Waals surface area contributed by atoms with Crippen LogP contribution < -0.4 is 10.6 Å². The number of nitro groups is 1. The molecular formula is C15H16F3N5O3. The summed E-state index contributed by atoms with van der Waals surface area (Å²) in [4.78, 5) is 18.4. The van der Waals surface area contributed by atoms with E-state index in [0.717, 1.165) is 30.6 Å². The number of halogens is 3. The van der Waals surface area contributed by atoms with Crippen LogP contribution in [-0.4, -0.2) is 34.6 Å². The topological polar surface area (TPSA) is 102 Å². The van der Waals surface area contributed by atoms with Crippen LogP contribution in [0.15, 0.2) is 30.6 Å². The van der Waals surface area contributed by atoms with E-state index in [9.17, 15) is 23.3 Å². The molecule has 0 aliphatic carbocycles. The summed E-state index contributed by atoms with van der Waals surface area (Å²) in [5.41, 5.74) is -1.03. The lowest BCUT2D eigenvalue weighted by atomic mass is 10.2. The third-order valence-electron chi connectivity index (χ3n) is 3.28. The molecule has 0 aliphatic heterocycles. The lowest BCUT2D eigenvalue weighted by Crippen LogP contribution is -2.22. The minimum Gasteiger partial charge on any atom is -0.383 e. The highest BCUT2D eigenvalue weighted by molar-refractivity contribution is 5.73. The number of nitrogens with one attached hydrogen (secondary N) is 2. The number of anilines is 3. The van der Waals surface area contributed by atoms with Crippen molar-refractivity contribution in [3.05, 3.63) is 46.3 Å². The van der Waals surface area contributed by atoms with Crippen molar-refractivity contribution in [2.45, 2.75) is 19.1 Å². The third kappa shape index (κ3) is 4.79. The predicted octanol–water partition coefficient (Wildman–Crippen LogP) is 3.59. The fraction of sp³-hybridized carbons (Fsp3) is 0.333. The molecule has 26 heavy (non-hydrogen) atoms. The van der Waals surface area contributed by atoms with Gasteiger partial charge in [0, 0.05) is 18.8 Å². The van der Waals surface area contributed by atoms with E-state index in [1.165, 1.54) is 7.11 Å². The maximum Gasteiger partial charge on any atom is 0.416 e. The van der Waals surface area contributed by atoms with Crippen LogP contribution >= 0.6 is 0 Å². The molecule has 0 saturated heterocycles. The van der Waals surface area contributed by atoms with Crippen molar-refractivity contribution >= 4 is 23.0 Å². The van der Waals surface area contributed by atoms with Crippen molar-refractivity contribution in [3.63, 3.8) is 0 Å². The summed E-state index contributed by atoms with van der Waals surface area (Å²) in [6, 6.07) is 3.81. The number of benzene rings is 1. The Kier molecular flexibility index (Phi) is 5.93. The predicted molar refractivity (Wildman–Crippen MR) is 88.4 cm³/mol. The molecule has 140 valence electrons. The molecular weight excluding hydrogens is 355 g/mol. The maximum absolute atomic E-state index is 12.6. The largest absolute Gasteiger partial charge is 0.416 e. The molecule has 1 aromatic heterocycles. The van der Waals surface area contributed by atoms with Gasteiger partial charge >= 0.3 is 11.9 Å². The Bertz CT molecular complexity index is 768. The van der Waals surface area contributed by atoms with Gasteiger partial charge in [-0.25, -0.2) is 9.97 Å². The Hall–Kier alpha value is -2.95. The lowest BCUT2D eigenvalue weighted by Gasteiger charge is -2.14. The molecule has 0 saturated carbocycles. The number of aromatic nitrogens is 2. The van der Waals surface area contributed by atoms with Gasteiger partial charge < -0.3 is 15.4 Å². The molecule has 0 bridgehead atoms. The van der Waals surface area contributed by atoms with Crippen molar-refractivity contribution in [3.8, 4) is 0 Å². The van der Waals surface area contributed by atoms with Crippen LogP contribution in [0.3, 0.4) is 0 Å². The van der Waals surface area contributed by atoms with E-state index >= 15 is 0 Å². The standard InChI is InChI=1S/C15H16F3N5O3/c1-9(7-26-2)21-13-12(23(24)25)14(20-8-19-13)22-11-5-3-10(4-6-11)15(16,17)18/h3-6,8-9H,7H2,1-2H3,(H2,19,20,21,22). The highest BCUT2D eigenvalue weighted by Crippen LogP contribution is 2.33. The fourth-order valence-corrected chi connectivity index (χ4v) is 2.15. The number of nitrogens with zero attached hydrogens (tertiary/aromatic N) is 3. The Morgan fingerprint density at radius 1 is 1.23 bits per heavy atom. The monoisotopic (exact) mass is 371 g/mol. The van der Waals surface area contributed by atoms with Gasteiger partial charge in [-0.3, -0.25) is 10.1 Å². The molecule has 2 rings (SSSR count). The highest BCUT2D eigenvalue weighted by Gasteiger charge is 2.30. The quantitative estimate of drug-likeness (QED) is 0.566. The first-order valence-electron chi connectivity index (χ1n) is 7.41. The zero-order valence-corrected chi connectivity index (χ0v) is 13.9. The Morgan fingerprint density at radius 3 is 2.38 bits per heavy atom. The van der Waals surface area contributed by atoms with Gasteiger partial charge in [-0.2, -0.15) is 13.2 Å². The second-order valence-corrected chi connectivity index (χ2v) is 5.38. The number of hydrogen-bond acceptors (Lipinski definition) is 7. The minimum atomic E-state index is -4.46. The number of ether oxygens (including phenoxy) is 1. The lowest BCUT2D eigenvalue weighted by molar-refractivity contribution is -0.383. The summed E-state index contributed by atoms with van der Waals surface area (Å²) in [7, 11) is 1.49. The van der Waals surface area contributed by atoms with Gasteiger partial charge in [0.15, 0.2) is 0 Å². The van der Waals surface area contributed by atoms with Crippen LogP contribution in [0.1, 0.15) is 12.5 Å². The first kappa shape index (κ1) is 19.4. The zero-order chi connectivity index (χ0) is 19.3. The molecule has 0 fully saturated rings. The summed E-state index contributed by atoms with van der Waals surface area (Å²) in [6.45, 7) is 2.04. The third-order valence-corrected chi connectivity index (χ3v) is 3.28. The second kappa shape index (κ2) is 7.95. The van der Waals surface area contributed by atoms with Crippen LogP contribution in [0.5, 0.6) is 0 Å². The summed E-state index contributed by atoms with van der Waals surface area (Å²) in [5, 5.41) is 16.9. The zero-order valence-electron chi connectivity index (χ0n) is 13.9. The molecule has 0 aliphatic rings. The van der Waals surface area contributed by atoms with Gasteiger partial charge in [-0.15, -0.1) is 0 Å². The summed E-state index contributed by atoms with van der Waals surface area (Å²) < 4.78 is 42.8. The van der Waals surface area contributed by atoms with Crippen molar-refractivity contribution in [2.75, 3.05) is 24.4 Å². The molecule has 11 heteroatoms. The van der Waals surface area contributed by atoms with E-state index in [0.29, 0.717) is 6.61 Å². The Labute approximate surface area is 146 Å². The fourth-order valence-electron chi connectivity index (χ4n) is 2.15.